The molecule has 10 heteroatoms. The van der Waals surface area contributed by atoms with E-state index in [9.17, 15) is 22.4 Å². The van der Waals surface area contributed by atoms with E-state index < -0.39 is 45.8 Å². The molecule has 7 nitrogen and oxygen atoms in total. The number of sulfonamides is 1. The molecule has 3 rings (SSSR count). The van der Waals surface area contributed by atoms with Gasteiger partial charge in [-0.05, 0) is 71.0 Å². The van der Waals surface area contributed by atoms with Gasteiger partial charge in [-0.1, -0.05) is 53.6 Å². The number of carbonyl (C=O) groups is 2. The molecule has 3 aromatic rings. The predicted molar refractivity (Wildman–Crippen MR) is 151 cm³/mol. The summed E-state index contributed by atoms with van der Waals surface area (Å²) in [7, 11) is -4.22. The molecule has 0 saturated heterocycles. The van der Waals surface area contributed by atoms with Crippen LogP contribution in [0.3, 0.4) is 0 Å². The minimum absolute atomic E-state index is 0.0138. The van der Waals surface area contributed by atoms with Crippen LogP contribution in [0.1, 0.15) is 38.8 Å². The Morgan fingerprint density at radius 3 is 2.23 bits per heavy atom. The zero-order valence-electron chi connectivity index (χ0n) is 22.6. The second kappa shape index (κ2) is 12.2. The Morgan fingerprint density at radius 1 is 1.00 bits per heavy atom. The normalized spacial score (nSPS) is 12.5. The summed E-state index contributed by atoms with van der Waals surface area (Å²) in [4.78, 5) is 28.1. The minimum Gasteiger partial charge on any atom is -0.350 e. The molecular formula is C29H33ClFN3O4S. The average Bonchev–Trinajstić information content (AvgIpc) is 2.85. The number of rotatable bonds is 9. The van der Waals surface area contributed by atoms with Gasteiger partial charge in [0.05, 0.1) is 10.6 Å². The van der Waals surface area contributed by atoms with Gasteiger partial charge in [0.2, 0.25) is 11.8 Å². The lowest BCUT2D eigenvalue weighted by Gasteiger charge is -2.33. The minimum atomic E-state index is -4.22. The van der Waals surface area contributed by atoms with Crippen LogP contribution in [-0.2, 0) is 26.2 Å². The first-order chi connectivity index (χ1) is 18.2. The van der Waals surface area contributed by atoms with Crippen LogP contribution in [0.15, 0.2) is 77.7 Å². The monoisotopic (exact) mass is 573 g/mol. The summed E-state index contributed by atoms with van der Waals surface area (Å²) in [5.74, 6) is -1.69. The number of hydrogen-bond donors (Lipinski definition) is 1. The molecule has 39 heavy (non-hydrogen) atoms. The van der Waals surface area contributed by atoms with Crippen LogP contribution >= 0.6 is 11.6 Å². The summed E-state index contributed by atoms with van der Waals surface area (Å²) >= 11 is 6.17. The van der Waals surface area contributed by atoms with E-state index in [0.717, 1.165) is 9.87 Å². The van der Waals surface area contributed by atoms with E-state index in [2.05, 4.69) is 5.32 Å². The lowest BCUT2D eigenvalue weighted by molar-refractivity contribution is -0.140. The predicted octanol–water partition coefficient (Wildman–Crippen LogP) is 5.31. The van der Waals surface area contributed by atoms with Crippen molar-refractivity contribution in [2.75, 3.05) is 10.8 Å². The van der Waals surface area contributed by atoms with Crippen molar-refractivity contribution < 1.29 is 22.4 Å². The molecule has 0 fully saturated rings. The maximum absolute atomic E-state index is 14.6. The van der Waals surface area contributed by atoms with E-state index in [1.165, 1.54) is 54.3 Å². The lowest BCUT2D eigenvalue weighted by Crippen LogP contribution is -2.54. The van der Waals surface area contributed by atoms with Crippen LogP contribution in [0.4, 0.5) is 10.1 Å². The Morgan fingerprint density at radius 2 is 1.64 bits per heavy atom. The lowest BCUT2D eigenvalue weighted by atomic mass is 10.1. The molecule has 2 amide bonds. The van der Waals surface area contributed by atoms with Crippen molar-refractivity contribution in [2.24, 2.45) is 0 Å². The van der Waals surface area contributed by atoms with Crippen LogP contribution in [0, 0.1) is 12.7 Å². The van der Waals surface area contributed by atoms with Crippen molar-refractivity contribution in [2.45, 2.75) is 57.6 Å². The van der Waals surface area contributed by atoms with Gasteiger partial charge in [-0.3, -0.25) is 13.9 Å². The summed E-state index contributed by atoms with van der Waals surface area (Å²) < 4.78 is 43.1. The Kier molecular flexibility index (Phi) is 9.40. The second-order valence-corrected chi connectivity index (χ2v) is 12.6. The molecule has 0 saturated carbocycles. The van der Waals surface area contributed by atoms with Crippen molar-refractivity contribution in [3.63, 3.8) is 0 Å². The number of amides is 2. The Balaban J connectivity index is 2.05. The highest BCUT2D eigenvalue weighted by Crippen LogP contribution is 2.27. The van der Waals surface area contributed by atoms with Crippen LogP contribution in [-0.4, -0.2) is 43.3 Å². The molecule has 0 heterocycles. The third-order valence-electron chi connectivity index (χ3n) is 5.95. The third kappa shape index (κ3) is 7.80. The molecule has 0 radical (unpaired) electrons. The molecule has 3 aromatic carbocycles. The number of aryl methyl sites for hydroxylation is 1. The number of nitrogens with one attached hydrogen (secondary N) is 1. The molecule has 0 aliphatic rings. The smallest absolute Gasteiger partial charge is 0.264 e. The zero-order valence-corrected chi connectivity index (χ0v) is 24.2. The fourth-order valence-corrected chi connectivity index (χ4v) is 5.45. The standard InChI is InChI=1S/C29H33ClFN3O4S/c1-20-13-15-25(16-14-20)39(37,38)34(24-11-8-10-23(30)17-24)19-27(35)33(18-22-9-6-7-12-26(22)31)21(2)28(36)32-29(3,4)5/h6-17,21H,18-19H2,1-5H3,(H,32,36)/t21-/m1/s1. The number of hydrogen-bond acceptors (Lipinski definition) is 4. The molecule has 0 spiro atoms. The third-order valence-corrected chi connectivity index (χ3v) is 7.97. The Labute approximate surface area is 234 Å². The molecule has 208 valence electrons. The van der Waals surface area contributed by atoms with E-state index in [1.807, 2.05) is 6.92 Å². The highest BCUT2D eigenvalue weighted by molar-refractivity contribution is 7.92. The van der Waals surface area contributed by atoms with Gasteiger partial charge in [-0.25, -0.2) is 12.8 Å². The van der Waals surface area contributed by atoms with Crippen molar-refractivity contribution >= 4 is 39.1 Å². The quantitative estimate of drug-likeness (QED) is 0.376. The van der Waals surface area contributed by atoms with Gasteiger partial charge < -0.3 is 10.2 Å². The summed E-state index contributed by atoms with van der Waals surface area (Å²) in [5, 5.41) is 3.12. The number of nitrogens with zero attached hydrogens (tertiary/aromatic N) is 2. The Bertz CT molecular complexity index is 1440. The first-order valence-corrected chi connectivity index (χ1v) is 14.2. The summed E-state index contributed by atoms with van der Waals surface area (Å²) in [5.41, 5.74) is 0.653. The van der Waals surface area contributed by atoms with Crippen molar-refractivity contribution in [1.82, 2.24) is 10.2 Å². The van der Waals surface area contributed by atoms with Gasteiger partial charge in [0.1, 0.15) is 18.4 Å². The molecule has 0 bridgehead atoms. The molecule has 0 unspecified atom stereocenters. The maximum atomic E-state index is 14.6. The molecule has 1 N–H and O–H groups in total. The largest absolute Gasteiger partial charge is 0.350 e. The summed E-state index contributed by atoms with van der Waals surface area (Å²) in [6, 6.07) is 17.3. The first kappa shape index (κ1) is 30.1. The number of benzene rings is 3. The van der Waals surface area contributed by atoms with Gasteiger partial charge in [0.25, 0.3) is 10.0 Å². The van der Waals surface area contributed by atoms with E-state index in [0.29, 0.717) is 0 Å². The Hall–Kier alpha value is -3.43. The summed E-state index contributed by atoms with van der Waals surface area (Å²) in [6.45, 7) is 7.88. The van der Waals surface area contributed by atoms with Gasteiger partial charge in [-0.2, -0.15) is 0 Å². The van der Waals surface area contributed by atoms with E-state index >= 15 is 0 Å². The maximum Gasteiger partial charge on any atom is 0.264 e. The SMILES string of the molecule is Cc1ccc(S(=O)(=O)N(CC(=O)N(Cc2ccccc2F)[C@H](C)C(=O)NC(C)(C)C)c2cccc(Cl)c2)cc1. The average molecular weight is 574 g/mol. The zero-order chi connectivity index (χ0) is 29.0. The van der Waals surface area contributed by atoms with Crippen molar-refractivity contribution in [3.8, 4) is 0 Å². The van der Waals surface area contributed by atoms with Crippen molar-refractivity contribution in [3.05, 3.63) is 94.8 Å². The van der Waals surface area contributed by atoms with Gasteiger partial charge in [-0.15, -0.1) is 0 Å². The van der Waals surface area contributed by atoms with Crippen molar-refractivity contribution in [1.29, 1.82) is 0 Å². The molecule has 0 aromatic heterocycles. The van der Waals surface area contributed by atoms with Crippen LogP contribution in [0.5, 0.6) is 0 Å². The van der Waals surface area contributed by atoms with Crippen LogP contribution in [0.2, 0.25) is 5.02 Å². The fourth-order valence-electron chi connectivity index (χ4n) is 3.86. The second-order valence-electron chi connectivity index (χ2n) is 10.3. The summed E-state index contributed by atoms with van der Waals surface area (Å²) in [6.07, 6.45) is 0. The molecule has 0 aliphatic heterocycles. The molecular weight excluding hydrogens is 541 g/mol. The van der Waals surface area contributed by atoms with E-state index in [1.54, 1.807) is 51.1 Å². The van der Waals surface area contributed by atoms with Crippen LogP contribution in [0.25, 0.3) is 0 Å². The fraction of sp³-hybridized carbons (Fsp3) is 0.310. The van der Waals surface area contributed by atoms with E-state index in [-0.39, 0.29) is 27.7 Å². The van der Waals surface area contributed by atoms with E-state index in [4.69, 9.17) is 11.6 Å². The highest BCUT2D eigenvalue weighted by Gasteiger charge is 2.33. The highest BCUT2D eigenvalue weighted by atomic mass is 35.5. The van der Waals surface area contributed by atoms with Crippen LogP contribution < -0.4 is 9.62 Å². The topological polar surface area (TPSA) is 86.8 Å². The molecule has 0 aliphatic carbocycles. The van der Waals surface area contributed by atoms with Gasteiger partial charge in [0.15, 0.2) is 0 Å². The first-order valence-electron chi connectivity index (χ1n) is 12.4. The van der Waals surface area contributed by atoms with Gasteiger partial charge >= 0.3 is 0 Å². The van der Waals surface area contributed by atoms with Gasteiger partial charge in [0, 0.05) is 22.7 Å². The number of anilines is 1. The number of carbonyl (C=O) groups excluding carboxylic acids is 2. The molecule has 1 atom stereocenters. The number of halogens is 2.